The number of carbonyl (C=O) groups is 1. The van der Waals surface area contributed by atoms with E-state index in [0.29, 0.717) is 5.75 Å². The number of pyridine rings is 1. The number of carbonyl (C=O) groups excluding carboxylic acids is 1. The standard InChI is InChI=1S/C25H22N2O2/c1-17-7-6-10-20(13-17)26-25(28)16-29-24-15-23(19-8-4-3-5-9-19)27-22-12-11-18(2)14-21(22)24/h3-15H,16H2,1-2H3,(H,26,28). The molecule has 4 rings (SSSR count). The first-order valence-electron chi connectivity index (χ1n) is 9.55. The third kappa shape index (κ3) is 4.43. The molecule has 3 aromatic carbocycles. The van der Waals surface area contributed by atoms with Crippen LogP contribution in [0.3, 0.4) is 0 Å². The Morgan fingerprint density at radius 3 is 2.48 bits per heavy atom. The lowest BCUT2D eigenvalue weighted by molar-refractivity contribution is -0.118. The van der Waals surface area contributed by atoms with Gasteiger partial charge in [-0.25, -0.2) is 4.98 Å². The van der Waals surface area contributed by atoms with Crippen molar-refractivity contribution in [2.75, 3.05) is 11.9 Å². The monoisotopic (exact) mass is 382 g/mol. The molecular formula is C25H22N2O2. The molecule has 1 N–H and O–H groups in total. The first-order chi connectivity index (χ1) is 14.1. The fourth-order valence-corrected chi connectivity index (χ4v) is 3.25. The molecule has 0 unspecified atom stereocenters. The molecule has 0 fully saturated rings. The minimum Gasteiger partial charge on any atom is -0.483 e. The van der Waals surface area contributed by atoms with Crippen molar-refractivity contribution in [3.05, 3.63) is 90.0 Å². The van der Waals surface area contributed by atoms with Gasteiger partial charge in [-0.1, -0.05) is 54.1 Å². The minimum atomic E-state index is -0.200. The number of amides is 1. The van der Waals surface area contributed by atoms with Gasteiger partial charge in [0, 0.05) is 22.7 Å². The molecule has 1 amide bonds. The molecule has 144 valence electrons. The van der Waals surface area contributed by atoms with E-state index in [1.165, 1.54) is 0 Å². The third-order valence-corrected chi connectivity index (χ3v) is 4.66. The highest BCUT2D eigenvalue weighted by Crippen LogP contribution is 2.30. The summed E-state index contributed by atoms with van der Waals surface area (Å²) in [6.45, 7) is 3.94. The van der Waals surface area contributed by atoms with E-state index >= 15 is 0 Å². The van der Waals surface area contributed by atoms with Crippen LogP contribution in [0.4, 0.5) is 5.69 Å². The quantitative estimate of drug-likeness (QED) is 0.493. The molecule has 4 aromatic rings. The van der Waals surface area contributed by atoms with Gasteiger partial charge in [-0.3, -0.25) is 4.79 Å². The lowest BCUT2D eigenvalue weighted by Crippen LogP contribution is -2.20. The lowest BCUT2D eigenvalue weighted by Gasteiger charge is -2.12. The molecule has 1 heterocycles. The van der Waals surface area contributed by atoms with Gasteiger partial charge in [0.05, 0.1) is 11.2 Å². The predicted octanol–water partition coefficient (Wildman–Crippen LogP) is 5.54. The van der Waals surface area contributed by atoms with Gasteiger partial charge in [0.2, 0.25) is 0 Å². The summed E-state index contributed by atoms with van der Waals surface area (Å²) in [4.78, 5) is 17.2. The van der Waals surface area contributed by atoms with Crippen molar-refractivity contribution in [2.24, 2.45) is 0 Å². The Kier molecular flexibility index (Phi) is 5.25. The molecule has 1 aromatic heterocycles. The van der Waals surface area contributed by atoms with Crippen LogP contribution >= 0.6 is 0 Å². The van der Waals surface area contributed by atoms with Gasteiger partial charge in [-0.05, 0) is 43.7 Å². The molecule has 0 aliphatic carbocycles. The van der Waals surface area contributed by atoms with E-state index < -0.39 is 0 Å². The summed E-state index contributed by atoms with van der Waals surface area (Å²) in [6, 6.07) is 25.6. The van der Waals surface area contributed by atoms with Crippen LogP contribution in [0.2, 0.25) is 0 Å². The van der Waals surface area contributed by atoms with Gasteiger partial charge in [-0.2, -0.15) is 0 Å². The fraction of sp³-hybridized carbons (Fsp3) is 0.120. The van der Waals surface area contributed by atoms with Crippen molar-refractivity contribution >= 4 is 22.5 Å². The molecule has 4 heteroatoms. The molecule has 0 atom stereocenters. The Bertz CT molecular complexity index is 1170. The van der Waals surface area contributed by atoms with Gasteiger partial charge in [0.1, 0.15) is 5.75 Å². The molecule has 4 nitrogen and oxygen atoms in total. The fourth-order valence-electron chi connectivity index (χ4n) is 3.25. The van der Waals surface area contributed by atoms with Gasteiger partial charge in [0.25, 0.3) is 5.91 Å². The van der Waals surface area contributed by atoms with E-state index in [0.717, 1.165) is 39.0 Å². The van der Waals surface area contributed by atoms with Crippen LogP contribution in [0.15, 0.2) is 78.9 Å². The SMILES string of the molecule is Cc1cccc(NC(=O)COc2cc(-c3ccccc3)nc3ccc(C)cc23)c1. The molecule has 0 radical (unpaired) electrons. The molecular weight excluding hydrogens is 360 g/mol. The highest BCUT2D eigenvalue weighted by Gasteiger charge is 2.11. The van der Waals surface area contributed by atoms with Crippen molar-refractivity contribution in [1.82, 2.24) is 4.98 Å². The molecule has 29 heavy (non-hydrogen) atoms. The summed E-state index contributed by atoms with van der Waals surface area (Å²) in [5, 5.41) is 3.78. The Labute approximate surface area is 170 Å². The second-order valence-corrected chi connectivity index (χ2v) is 7.10. The van der Waals surface area contributed by atoms with Gasteiger partial charge in [0.15, 0.2) is 6.61 Å². The molecule has 0 saturated heterocycles. The number of ether oxygens (including phenoxy) is 1. The average Bonchev–Trinajstić information content (AvgIpc) is 2.72. The maximum absolute atomic E-state index is 12.4. The molecule has 0 spiro atoms. The predicted molar refractivity (Wildman–Crippen MR) is 117 cm³/mol. The number of aromatic nitrogens is 1. The maximum Gasteiger partial charge on any atom is 0.262 e. The van der Waals surface area contributed by atoms with E-state index in [1.54, 1.807) is 0 Å². The van der Waals surface area contributed by atoms with E-state index in [2.05, 4.69) is 5.32 Å². The van der Waals surface area contributed by atoms with Crippen LogP contribution in [0.5, 0.6) is 5.75 Å². The summed E-state index contributed by atoms with van der Waals surface area (Å²) in [5.41, 5.74) is 5.62. The second kappa shape index (κ2) is 8.15. The summed E-state index contributed by atoms with van der Waals surface area (Å²) >= 11 is 0. The molecule has 0 aliphatic rings. The number of benzene rings is 3. The van der Waals surface area contributed by atoms with Crippen molar-refractivity contribution in [3.8, 4) is 17.0 Å². The zero-order valence-electron chi connectivity index (χ0n) is 16.5. The number of nitrogens with one attached hydrogen (secondary N) is 1. The Balaban J connectivity index is 1.61. The van der Waals surface area contributed by atoms with Gasteiger partial charge >= 0.3 is 0 Å². The smallest absolute Gasteiger partial charge is 0.262 e. The first kappa shape index (κ1) is 18.7. The Hall–Kier alpha value is -3.66. The second-order valence-electron chi connectivity index (χ2n) is 7.10. The van der Waals surface area contributed by atoms with Crippen molar-refractivity contribution < 1.29 is 9.53 Å². The van der Waals surface area contributed by atoms with Crippen LogP contribution in [0.1, 0.15) is 11.1 Å². The average molecular weight is 382 g/mol. The number of hydrogen-bond donors (Lipinski definition) is 1. The largest absolute Gasteiger partial charge is 0.483 e. The summed E-state index contributed by atoms with van der Waals surface area (Å²) < 4.78 is 5.95. The molecule has 0 saturated carbocycles. The van der Waals surface area contributed by atoms with E-state index in [1.807, 2.05) is 92.7 Å². The highest BCUT2D eigenvalue weighted by molar-refractivity contribution is 5.93. The topological polar surface area (TPSA) is 51.2 Å². The Morgan fingerprint density at radius 1 is 0.897 bits per heavy atom. The lowest BCUT2D eigenvalue weighted by atomic mass is 10.1. The number of rotatable bonds is 5. The number of aryl methyl sites for hydroxylation is 2. The summed E-state index contributed by atoms with van der Waals surface area (Å²) in [7, 11) is 0. The van der Waals surface area contributed by atoms with Gasteiger partial charge in [-0.15, -0.1) is 0 Å². The highest BCUT2D eigenvalue weighted by atomic mass is 16.5. The van der Waals surface area contributed by atoms with Crippen LogP contribution in [-0.4, -0.2) is 17.5 Å². The summed E-state index contributed by atoms with van der Waals surface area (Å²) in [5.74, 6) is 0.450. The van der Waals surface area contributed by atoms with Crippen molar-refractivity contribution in [2.45, 2.75) is 13.8 Å². The number of hydrogen-bond acceptors (Lipinski definition) is 3. The van der Waals surface area contributed by atoms with E-state index in [4.69, 9.17) is 9.72 Å². The Morgan fingerprint density at radius 2 is 1.69 bits per heavy atom. The number of anilines is 1. The number of fused-ring (bicyclic) bond motifs is 1. The minimum absolute atomic E-state index is 0.0742. The van der Waals surface area contributed by atoms with Crippen LogP contribution in [0.25, 0.3) is 22.2 Å². The summed E-state index contributed by atoms with van der Waals surface area (Å²) in [6.07, 6.45) is 0. The molecule has 0 bridgehead atoms. The van der Waals surface area contributed by atoms with E-state index in [9.17, 15) is 4.79 Å². The van der Waals surface area contributed by atoms with Crippen LogP contribution < -0.4 is 10.1 Å². The van der Waals surface area contributed by atoms with Crippen LogP contribution in [0, 0.1) is 13.8 Å². The van der Waals surface area contributed by atoms with Crippen molar-refractivity contribution in [1.29, 1.82) is 0 Å². The number of nitrogens with zero attached hydrogens (tertiary/aromatic N) is 1. The third-order valence-electron chi connectivity index (χ3n) is 4.66. The van der Waals surface area contributed by atoms with E-state index in [-0.39, 0.29) is 12.5 Å². The van der Waals surface area contributed by atoms with Crippen molar-refractivity contribution in [3.63, 3.8) is 0 Å². The van der Waals surface area contributed by atoms with Gasteiger partial charge < -0.3 is 10.1 Å². The molecule has 0 aliphatic heterocycles. The first-order valence-corrected chi connectivity index (χ1v) is 9.55. The normalized spacial score (nSPS) is 10.7. The maximum atomic E-state index is 12.4. The zero-order chi connectivity index (χ0) is 20.2. The van der Waals surface area contributed by atoms with Crippen LogP contribution in [-0.2, 0) is 4.79 Å². The zero-order valence-corrected chi connectivity index (χ0v) is 16.5.